The fraction of sp³-hybridized carbons (Fsp3) is 0.727. The number of piperidine rings is 1. The van der Waals surface area contributed by atoms with Gasteiger partial charge in [-0.15, -0.1) is 0 Å². The molecule has 108 valence electrons. The number of nitrogens with one attached hydrogen (secondary N) is 2. The molecule has 1 aromatic heterocycles. The molecule has 1 aliphatic rings. The van der Waals surface area contributed by atoms with Crippen LogP contribution in [0, 0.1) is 5.92 Å². The van der Waals surface area contributed by atoms with Crippen LogP contribution >= 0.6 is 0 Å². The molecular weight excluding hydrogens is 268 g/mol. The maximum Gasteiger partial charge on any atom is 0.280 e. The highest BCUT2D eigenvalue weighted by molar-refractivity contribution is 7.87. The molecule has 1 saturated heterocycles. The Hall–Kier alpha value is -0.960. The van der Waals surface area contributed by atoms with Gasteiger partial charge in [0.1, 0.15) is 5.82 Å². The van der Waals surface area contributed by atoms with Crippen molar-refractivity contribution in [2.24, 2.45) is 5.92 Å². The summed E-state index contributed by atoms with van der Waals surface area (Å²) in [6, 6.07) is -0.393. The van der Waals surface area contributed by atoms with E-state index in [4.69, 9.17) is 5.11 Å². The molecule has 1 unspecified atom stereocenters. The highest BCUT2D eigenvalue weighted by atomic mass is 32.2. The summed E-state index contributed by atoms with van der Waals surface area (Å²) in [4.78, 5) is 6.93. The molecule has 8 heteroatoms. The Balaban J connectivity index is 1.95. The Morgan fingerprint density at radius 3 is 2.79 bits per heavy atom. The quantitative estimate of drug-likeness (QED) is 0.711. The lowest BCUT2D eigenvalue weighted by atomic mass is 10.00. The minimum Gasteiger partial charge on any atom is -0.396 e. The number of hydrogen-bond acceptors (Lipinski definition) is 4. The maximum absolute atomic E-state index is 12.2. The Bertz CT molecular complexity index is 480. The van der Waals surface area contributed by atoms with Gasteiger partial charge >= 0.3 is 0 Å². The summed E-state index contributed by atoms with van der Waals surface area (Å²) in [6.07, 6.45) is 4.65. The topological polar surface area (TPSA) is 98.3 Å². The lowest BCUT2D eigenvalue weighted by Gasteiger charge is -2.31. The molecule has 1 aromatic rings. The van der Waals surface area contributed by atoms with E-state index >= 15 is 0 Å². The van der Waals surface area contributed by atoms with Gasteiger partial charge in [0.05, 0.1) is 6.04 Å². The minimum absolute atomic E-state index is 0.129. The van der Waals surface area contributed by atoms with Gasteiger partial charge in [-0.1, -0.05) is 0 Å². The van der Waals surface area contributed by atoms with Crippen molar-refractivity contribution in [3.63, 3.8) is 0 Å². The van der Waals surface area contributed by atoms with Crippen LogP contribution < -0.4 is 4.72 Å². The molecule has 0 spiro atoms. The first-order chi connectivity index (χ1) is 9.03. The molecule has 0 amide bonds. The van der Waals surface area contributed by atoms with Crippen LogP contribution in [0.4, 0.5) is 0 Å². The van der Waals surface area contributed by atoms with Crippen LogP contribution in [-0.4, -0.2) is 47.5 Å². The van der Waals surface area contributed by atoms with Gasteiger partial charge in [0, 0.05) is 32.1 Å². The maximum atomic E-state index is 12.2. The third kappa shape index (κ3) is 3.53. The van der Waals surface area contributed by atoms with Gasteiger partial charge in [-0.05, 0) is 25.7 Å². The van der Waals surface area contributed by atoms with E-state index in [0.717, 1.165) is 0 Å². The number of aliphatic hydroxyl groups is 1. The molecule has 0 radical (unpaired) electrons. The molecular formula is C11H20N4O3S. The summed E-state index contributed by atoms with van der Waals surface area (Å²) in [5.41, 5.74) is 0. The van der Waals surface area contributed by atoms with Crippen molar-refractivity contribution < 1.29 is 13.5 Å². The molecule has 3 N–H and O–H groups in total. The standard InChI is InChI=1S/C11H20N4O3S/c1-9(11-12-4-5-13-11)14-19(17,18)15-6-2-10(8-16)3-7-15/h4-5,9-10,14,16H,2-3,6-8H2,1H3,(H,12,13). The van der Waals surface area contributed by atoms with E-state index in [1.54, 1.807) is 19.3 Å². The second-order valence-electron chi connectivity index (χ2n) is 4.84. The summed E-state index contributed by atoms with van der Waals surface area (Å²) in [7, 11) is -3.50. The number of aromatic amines is 1. The van der Waals surface area contributed by atoms with Gasteiger partial charge in [0.15, 0.2) is 0 Å². The number of aliphatic hydroxyl groups excluding tert-OH is 1. The van der Waals surface area contributed by atoms with E-state index in [0.29, 0.717) is 31.8 Å². The van der Waals surface area contributed by atoms with Crippen molar-refractivity contribution in [3.05, 3.63) is 18.2 Å². The second kappa shape index (κ2) is 6.00. The number of hydrogen-bond donors (Lipinski definition) is 3. The van der Waals surface area contributed by atoms with E-state index < -0.39 is 16.3 Å². The van der Waals surface area contributed by atoms with E-state index in [9.17, 15) is 8.42 Å². The summed E-state index contributed by atoms with van der Waals surface area (Å²) < 4.78 is 28.4. The van der Waals surface area contributed by atoms with Crippen LogP contribution in [0.25, 0.3) is 0 Å². The molecule has 1 aliphatic heterocycles. The summed E-state index contributed by atoms with van der Waals surface area (Å²) in [5.74, 6) is 0.808. The molecule has 19 heavy (non-hydrogen) atoms. The molecule has 2 heterocycles. The van der Waals surface area contributed by atoms with E-state index in [-0.39, 0.29) is 12.5 Å². The van der Waals surface area contributed by atoms with Gasteiger partial charge in [0.2, 0.25) is 0 Å². The molecule has 1 atom stereocenters. The fourth-order valence-corrected chi connectivity index (χ4v) is 3.60. The zero-order valence-electron chi connectivity index (χ0n) is 10.9. The zero-order chi connectivity index (χ0) is 13.9. The van der Waals surface area contributed by atoms with E-state index in [2.05, 4.69) is 14.7 Å². The second-order valence-corrected chi connectivity index (χ2v) is 6.55. The monoisotopic (exact) mass is 288 g/mol. The first-order valence-corrected chi connectivity index (χ1v) is 7.84. The molecule has 1 fully saturated rings. The van der Waals surface area contributed by atoms with Crippen LogP contribution in [0.15, 0.2) is 12.4 Å². The van der Waals surface area contributed by atoms with Crippen LogP contribution in [-0.2, 0) is 10.2 Å². The average Bonchev–Trinajstić information content (AvgIpc) is 2.92. The minimum atomic E-state index is -3.50. The van der Waals surface area contributed by atoms with Crippen molar-refractivity contribution in [2.45, 2.75) is 25.8 Å². The van der Waals surface area contributed by atoms with Crippen molar-refractivity contribution in [2.75, 3.05) is 19.7 Å². The van der Waals surface area contributed by atoms with Crippen LogP contribution in [0.3, 0.4) is 0 Å². The number of nitrogens with zero attached hydrogens (tertiary/aromatic N) is 2. The predicted octanol–water partition coefficient (Wildman–Crippen LogP) is 0.00940. The highest BCUT2D eigenvalue weighted by Crippen LogP contribution is 2.19. The average molecular weight is 288 g/mol. The lowest BCUT2D eigenvalue weighted by molar-refractivity contribution is 0.169. The number of imidazole rings is 1. The van der Waals surface area contributed by atoms with Gasteiger partial charge in [-0.2, -0.15) is 17.4 Å². The summed E-state index contributed by atoms with van der Waals surface area (Å²) >= 11 is 0. The molecule has 2 rings (SSSR count). The highest BCUT2D eigenvalue weighted by Gasteiger charge is 2.29. The summed E-state index contributed by atoms with van der Waals surface area (Å²) in [5, 5.41) is 9.05. The number of H-pyrrole nitrogens is 1. The first kappa shape index (κ1) is 14.4. The Labute approximate surface area is 113 Å². The van der Waals surface area contributed by atoms with Crippen molar-refractivity contribution in [3.8, 4) is 0 Å². The molecule has 0 saturated carbocycles. The third-order valence-electron chi connectivity index (χ3n) is 3.43. The molecule has 0 bridgehead atoms. The lowest BCUT2D eigenvalue weighted by Crippen LogP contribution is -2.46. The van der Waals surface area contributed by atoms with Gasteiger partial charge in [-0.25, -0.2) is 4.98 Å². The van der Waals surface area contributed by atoms with Crippen LogP contribution in [0.5, 0.6) is 0 Å². The van der Waals surface area contributed by atoms with E-state index in [1.807, 2.05) is 0 Å². The SMILES string of the molecule is CC(NS(=O)(=O)N1CCC(CO)CC1)c1ncc[nH]1. The Morgan fingerprint density at radius 1 is 1.58 bits per heavy atom. The van der Waals surface area contributed by atoms with Crippen molar-refractivity contribution >= 4 is 10.2 Å². The predicted molar refractivity (Wildman–Crippen MR) is 70.4 cm³/mol. The number of rotatable bonds is 5. The third-order valence-corrected chi connectivity index (χ3v) is 5.12. The van der Waals surface area contributed by atoms with Crippen molar-refractivity contribution in [1.29, 1.82) is 0 Å². The normalized spacial score (nSPS) is 20.5. The number of aromatic nitrogens is 2. The first-order valence-electron chi connectivity index (χ1n) is 6.40. The summed E-state index contributed by atoms with van der Waals surface area (Å²) in [6.45, 7) is 2.78. The molecule has 0 aliphatic carbocycles. The largest absolute Gasteiger partial charge is 0.396 e. The van der Waals surface area contributed by atoms with Gasteiger partial charge in [-0.3, -0.25) is 0 Å². The smallest absolute Gasteiger partial charge is 0.280 e. The molecule has 7 nitrogen and oxygen atoms in total. The van der Waals surface area contributed by atoms with Crippen LogP contribution in [0.2, 0.25) is 0 Å². The molecule has 0 aromatic carbocycles. The Morgan fingerprint density at radius 2 is 2.26 bits per heavy atom. The van der Waals surface area contributed by atoms with E-state index in [1.165, 1.54) is 4.31 Å². The fourth-order valence-electron chi connectivity index (χ4n) is 2.20. The zero-order valence-corrected chi connectivity index (χ0v) is 11.7. The van der Waals surface area contributed by atoms with Crippen LogP contribution in [0.1, 0.15) is 31.6 Å². The Kier molecular flexibility index (Phi) is 4.56. The van der Waals surface area contributed by atoms with Crippen molar-refractivity contribution in [1.82, 2.24) is 19.0 Å². The van der Waals surface area contributed by atoms with Gasteiger partial charge in [0.25, 0.3) is 10.2 Å². The van der Waals surface area contributed by atoms with Gasteiger partial charge < -0.3 is 10.1 Å².